The van der Waals surface area contributed by atoms with E-state index >= 15 is 0 Å². The number of piperidine rings is 1. The molecule has 0 spiro atoms. The van der Waals surface area contributed by atoms with Crippen molar-refractivity contribution in [3.63, 3.8) is 0 Å². The van der Waals surface area contributed by atoms with E-state index in [0.29, 0.717) is 25.1 Å². The molecule has 124 valence electrons. The quantitative estimate of drug-likeness (QED) is 0.247. The molecule has 0 aliphatic carbocycles. The number of hydrogen-bond donors (Lipinski definition) is 1. The van der Waals surface area contributed by atoms with Crippen LogP contribution in [0.4, 0.5) is 0 Å². The molecule has 0 radical (unpaired) electrons. The molecule has 3 rings (SSSR count). The number of fused-ring (bicyclic) bond motifs is 1. The van der Waals surface area contributed by atoms with Gasteiger partial charge in [-0.3, -0.25) is 23.9 Å². The Morgan fingerprint density at radius 2 is 2.21 bits per heavy atom. The number of benzene rings is 1. The van der Waals surface area contributed by atoms with Gasteiger partial charge in [0.05, 0.1) is 9.21 Å². The van der Waals surface area contributed by atoms with Crippen molar-refractivity contribution in [1.29, 1.82) is 0 Å². The predicted octanol–water partition coefficient (Wildman–Crippen LogP) is 1.81. The van der Waals surface area contributed by atoms with Crippen molar-refractivity contribution in [2.24, 2.45) is 0 Å². The van der Waals surface area contributed by atoms with Crippen molar-refractivity contribution in [3.8, 4) is 11.8 Å². The van der Waals surface area contributed by atoms with Gasteiger partial charge in [-0.2, -0.15) is 0 Å². The molecule has 1 aromatic carbocycles. The highest BCUT2D eigenvalue weighted by molar-refractivity contribution is 14.2. The fourth-order valence-corrected chi connectivity index (χ4v) is 3.31. The summed E-state index contributed by atoms with van der Waals surface area (Å²) in [5, 5.41) is 2.29. The molecule has 0 saturated carbocycles. The van der Waals surface area contributed by atoms with Gasteiger partial charge < -0.3 is 4.90 Å². The second kappa shape index (κ2) is 7.55. The summed E-state index contributed by atoms with van der Waals surface area (Å²) in [6.45, 7) is 0.684. The number of nitrogens with zero attached hydrogens (tertiary/aromatic N) is 1. The number of halogens is 1. The first-order valence-electron chi connectivity index (χ1n) is 7.27. The summed E-state index contributed by atoms with van der Waals surface area (Å²) < 4.78 is 5.07. The normalized spacial score (nSPS) is 19.6. The molecule has 1 atom stereocenters. The lowest BCUT2D eigenvalue weighted by molar-refractivity contribution is -0.136. The largest absolute Gasteiger partial charge is 0.322 e. The molecule has 0 aromatic heterocycles. The third-order valence-corrected chi connectivity index (χ3v) is 4.91. The summed E-state index contributed by atoms with van der Waals surface area (Å²) in [4.78, 5) is 37.4. The molecule has 2 aliphatic heterocycles. The molecule has 1 unspecified atom stereocenters. The van der Waals surface area contributed by atoms with Crippen LogP contribution in [-0.2, 0) is 20.3 Å². The molecule has 8 heteroatoms. The maximum absolute atomic E-state index is 12.6. The number of carbonyl (C=O) groups excluding carboxylic acids is 3. The van der Waals surface area contributed by atoms with Gasteiger partial charge in [-0.25, -0.2) is 0 Å². The van der Waals surface area contributed by atoms with Gasteiger partial charge in [0.1, 0.15) is 12.6 Å². The van der Waals surface area contributed by atoms with Crippen molar-refractivity contribution in [2.45, 2.75) is 25.4 Å². The molecule has 2 aliphatic rings. The molecule has 3 amide bonds. The SMILES string of the molecule is O=C1CCC(N2Cc3ccc(C#CCOSI)cc3C2=O)C(=O)N1. The van der Waals surface area contributed by atoms with Crippen LogP contribution in [-0.4, -0.2) is 35.3 Å². The second-order valence-electron chi connectivity index (χ2n) is 5.40. The summed E-state index contributed by atoms with van der Waals surface area (Å²) in [6, 6.07) is 4.86. The number of nitrogens with one attached hydrogen (secondary N) is 1. The summed E-state index contributed by atoms with van der Waals surface area (Å²) in [5.41, 5.74) is 2.17. The van der Waals surface area contributed by atoms with Crippen molar-refractivity contribution in [1.82, 2.24) is 10.2 Å². The first kappa shape index (κ1) is 17.3. The average Bonchev–Trinajstić information content (AvgIpc) is 2.88. The Hall–Kier alpha value is -1.57. The van der Waals surface area contributed by atoms with Gasteiger partial charge in [0, 0.05) is 45.3 Å². The van der Waals surface area contributed by atoms with E-state index in [0.717, 1.165) is 11.1 Å². The van der Waals surface area contributed by atoms with Crippen LogP contribution in [0.25, 0.3) is 0 Å². The third-order valence-electron chi connectivity index (χ3n) is 3.94. The van der Waals surface area contributed by atoms with E-state index in [4.69, 9.17) is 4.18 Å². The Bertz CT molecular complexity index is 771. The van der Waals surface area contributed by atoms with Gasteiger partial charge in [0.2, 0.25) is 11.8 Å². The van der Waals surface area contributed by atoms with Crippen LogP contribution in [0.2, 0.25) is 0 Å². The zero-order chi connectivity index (χ0) is 17.1. The summed E-state index contributed by atoms with van der Waals surface area (Å²) in [6.07, 6.45) is 0.616. The molecule has 0 bridgehead atoms. The van der Waals surface area contributed by atoms with Crippen LogP contribution in [0.15, 0.2) is 18.2 Å². The van der Waals surface area contributed by atoms with E-state index in [-0.39, 0.29) is 18.2 Å². The van der Waals surface area contributed by atoms with Crippen molar-refractivity contribution >= 4 is 48.1 Å². The molecule has 2 heterocycles. The highest BCUT2D eigenvalue weighted by Crippen LogP contribution is 2.28. The lowest BCUT2D eigenvalue weighted by atomic mass is 10.0. The molecule has 6 nitrogen and oxygen atoms in total. The number of hydrogen-bond acceptors (Lipinski definition) is 5. The number of rotatable bonds is 3. The molecule has 1 N–H and O–H groups in total. The molecule has 1 saturated heterocycles. The van der Waals surface area contributed by atoms with E-state index in [1.807, 2.05) is 33.3 Å². The van der Waals surface area contributed by atoms with Crippen LogP contribution in [0, 0.1) is 11.8 Å². The Labute approximate surface area is 155 Å². The van der Waals surface area contributed by atoms with E-state index in [9.17, 15) is 14.4 Å². The minimum Gasteiger partial charge on any atom is -0.322 e. The fourth-order valence-electron chi connectivity index (χ4n) is 2.82. The van der Waals surface area contributed by atoms with Gasteiger partial charge >= 0.3 is 0 Å². The van der Waals surface area contributed by atoms with Crippen LogP contribution in [0.3, 0.4) is 0 Å². The zero-order valence-corrected chi connectivity index (χ0v) is 15.5. The Balaban J connectivity index is 1.76. The molecule has 24 heavy (non-hydrogen) atoms. The van der Waals surface area contributed by atoms with E-state index in [1.54, 1.807) is 6.07 Å². The highest BCUT2D eigenvalue weighted by atomic mass is 127. The summed E-state index contributed by atoms with van der Waals surface area (Å²) >= 11 is 2.02. The van der Waals surface area contributed by atoms with Gasteiger partial charge in [-0.15, -0.1) is 0 Å². The van der Waals surface area contributed by atoms with E-state index in [2.05, 4.69) is 17.2 Å². The van der Waals surface area contributed by atoms with Gasteiger partial charge in [0.15, 0.2) is 0 Å². The fraction of sp³-hybridized carbons (Fsp3) is 0.312. The van der Waals surface area contributed by atoms with Crippen LogP contribution >= 0.6 is 30.4 Å². The van der Waals surface area contributed by atoms with Crippen molar-refractivity contribution in [3.05, 3.63) is 34.9 Å². The standard InChI is InChI=1S/C16H13IN2O4S/c17-24-23-7-1-2-10-3-4-11-9-19(16(22)12(11)8-10)13-5-6-14(20)18-15(13)21/h3-4,8,13H,5-7,9H2,(H,18,20,21). The predicted molar refractivity (Wildman–Crippen MR) is 96.9 cm³/mol. The lowest BCUT2D eigenvalue weighted by Gasteiger charge is -2.29. The molecule has 1 fully saturated rings. The van der Waals surface area contributed by atoms with Gasteiger partial charge in [0.25, 0.3) is 5.91 Å². The Morgan fingerprint density at radius 1 is 1.38 bits per heavy atom. The summed E-state index contributed by atoms with van der Waals surface area (Å²) in [7, 11) is 1.22. The summed E-state index contributed by atoms with van der Waals surface area (Å²) in [5.74, 6) is 4.94. The number of imide groups is 1. The van der Waals surface area contributed by atoms with Gasteiger partial charge in [-0.1, -0.05) is 17.9 Å². The smallest absolute Gasteiger partial charge is 0.255 e. The average molecular weight is 456 g/mol. The van der Waals surface area contributed by atoms with Gasteiger partial charge in [-0.05, 0) is 24.1 Å². The van der Waals surface area contributed by atoms with Crippen molar-refractivity contribution in [2.75, 3.05) is 6.61 Å². The number of amides is 3. The topological polar surface area (TPSA) is 75.7 Å². The lowest BCUT2D eigenvalue weighted by Crippen LogP contribution is -2.52. The van der Waals surface area contributed by atoms with Crippen LogP contribution in [0.5, 0.6) is 0 Å². The second-order valence-corrected chi connectivity index (χ2v) is 6.84. The minimum absolute atomic E-state index is 0.192. The third kappa shape index (κ3) is 3.58. The zero-order valence-electron chi connectivity index (χ0n) is 12.5. The highest BCUT2D eigenvalue weighted by Gasteiger charge is 2.38. The Kier molecular flexibility index (Phi) is 5.43. The van der Waals surface area contributed by atoms with Crippen molar-refractivity contribution < 1.29 is 18.6 Å². The molecular weight excluding hydrogens is 443 g/mol. The maximum atomic E-state index is 12.6. The van der Waals surface area contributed by atoms with Crippen LogP contribution in [0.1, 0.15) is 34.3 Å². The monoisotopic (exact) mass is 456 g/mol. The first-order chi connectivity index (χ1) is 11.6. The van der Waals surface area contributed by atoms with E-state index < -0.39 is 11.9 Å². The first-order valence-corrected chi connectivity index (χ1v) is 10.5. The van der Waals surface area contributed by atoms with E-state index in [1.165, 1.54) is 14.1 Å². The molecular formula is C16H13IN2O4S. The maximum Gasteiger partial charge on any atom is 0.255 e. The van der Waals surface area contributed by atoms with Crippen LogP contribution < -0.4 is 5.32 Å². The minimum atomic E-state index is -0.591. The Morgan fingerprint density at radius 3 is 2.96 bits per heavy atom. The number of carbonyl (C=O) groups is 3. The molecule has 1 aromatic rings.